The number of ether oxygens (including phenoxy) is 1. The van der Waals surface area contributed by atoms with Crippen molar-refractivity contribution in [2.75, 3.05) is 19.9 Å². The zero-order valence-corrected chi connectivity index (χ0v) is 25.0. The lowest BCUT2D eigenvalue weighted by atomic mass is 9.95. The summed E-state index contributed by atoms with van der Waals surface area (Å²) in [5.74, 6) is -2.18. The topological polar surface area (TPSA) is 148 Å². The van der Waals surface area contributed by atoms with Gasteiger partial charge in [-0.05, 0) is 35.9 Å². The number of hydrogen-bond donors (Lipinski definition) is 1. The molecule has 12 nitrogen and oxygen atoms in total. The molecule has 4 amide bonds. The Hall–Kier alpha value is -3.96. The summed E-state index contributed by atoms with van der Waals surface area (Å²) in [7, 11) is -7.42. The summed E-state index contributed by atoms with van der Waals surface area (Å²) in [6.45, 7) is 5.94. The maximum atomic E-state index is 13.9. The monoisotopic (exact) mass is 640 g/mol. The van der Waals surface area contributed by atoms with Gasteiger partial charge in [0.05, 0.1) is 6.54 Å². The molecule has 1 N–H and O–H groups in total. The van der Waals surface area contributed by atoms with Crippen LogP contribution in [0.3, 0.4) is 0 Å². The Morgan fingerprint density at radius 2 is 1.88 bits per heavy atom. The number of fused-ring (bicyclic) bond motifs is 2. The molecule has 1 saturated heterocycles. The number of rotatable bonds is 10. The minimum absolute atomic E-state index is 0.00759. The third-order valence-corrected chi connectivity index (χ3v) is 9.66. The van der Waals surface area contributed by atoms with Crippen molar-refractivity contribution in [1.82, 2.24) is 20.1 Å². The van der Waals surface area contributed by atoms with E-state index in [1.807, 2.05) is 0 Å². The van der Waals surface area contributed by atoms with Crippen LogP contribution in [0.2, 0.25) is 25.7 Å². The first-order valence-corrected chi connectivity index (χ1v) is 18.1. The number of hydrogen-bond acceptors (Lipinski definition) is 9. The van der Waals surface area contributed by atoms with Gasteiger partial charge in [-0.2, -0.15) is 21.6 Å². The largest absolute Gasteiger partial charge is 0.534 e. The molecule has 0 saturated carbocycles. The number of carbonyl (C=O) groups excluding carboxylic acids is 3. The van der Waals surface area contributed by atoms with Crippen LogP contribution >= 0.6 is 0 Å². The molecule has 1 atom stereocenters. The maximum absolute atomic E-state index is 13.9. The van der Waals surface area contributed by atoms with Gasteiger partial charge in [-0.1, -0.05) is 25.7 Å². The number of nitrogens with zero attached hydrogens (tertiary/aromatic N) is 3. The minimum atomic E-state index is -5.96. The van der Waals surface area contributed by atoms with E-state index in [2.05, 4.69) is 34.1 Å². The van der Waals surface area contributed by atoms with E-state index in [0.717, 1.165) is 23.1 Å². The lowest BCUT2D eigenvalue weighted by Crippen LogP contribution is -2.52. The summed E-state index contributed by atoms with van der Waals surface area (Å²) in [6, 6.07) is 7.86. The zero-order chi connectivity index (χ0) is 31.4. The van der Waals surface area contributed by atoms with Crippen molar-refractivity contribution in [1.29, 1.82) is 0 Å². The smallest absolute Gasteiger partial charge is 0.456 e. The van der Waals surface area contributed by atoms with Crippen molar-refractivity contribution in [3.8, 4) is 5.75 Å². The number of benzene rings is 1. The Kier molecular flexibility index (Phi) is 7.54. The summed E-state index contributed by atoms with van der Waals surface area (Å²) in [4.78, 5) is 46.8. The average Bonchev–Trinajstić information content (AvgIpc) is 3.54. The molecule has 4 heterocycles. The number of amides is 4. The Labute approximate surface area is 244 Å². The number of urea groups is 1. The van der Waals surface area contributed by atoms with Gasteiger partial charge in [0.15, 0.2) is 11.1 Å². The summed E-state index contributed by atoms with van der Waals surface area (Å²) in [5, 5.41) is 2.66. The van der Waals surface area contributed by atoms with E-state index in [1.165, 1.54) is 23.2 Å². The van der Waals surface area contributed by atoms with E-state index in [0.29, 0.717) is 23.3 Å². The summed E-state index contributed by atoms with van der Waals surface area (Å²) >= 11 is 0. The van der Waals surface area contributed by atoms with Gasteiger partial charge in [0, 0.05) is 39.1 Å². The fourth-order valence-corrected chi connectivity index (χ4v) is 5.90. The number of pyridine rings is 1. The molecule has 0 radical (unpaired) electrons. The first kappa shape index (κ1) is 30.5. The lowest BCUT2D eigenvalue weighted by Gasteiger charge is -2.29. The van der Waals surface area contributed by atoms with E-state index < -0.39 is 59.4 Å². The maximum Gasteiger partial charge on any atom is 0.534 e. The Morgan fingerprint density at radius 1 is 1.14 bits per heavy atom. The van der Waals surface area contributed by atoms with Crippen LogP contribution in [0.15, 0.2) is 47.0 Å². The van der Waals surface area contributed by atoms with Crippen LogP contribution in [0, 0.1) is 0 Å². The molecule has 2 aliphatic rings. The van der Waals surface area contributed by atoms with Gasteiger partial charge in [0.25, 0.3) is 11.8 Å². The Morgan fingerprint density at radius 3 is 2.56 bits per heavy atom. The van der Waals surface area contributed by atoms with Crippen LogP contribution in [0.4, 0.5) is 18.0 Å². The van der Waals surface area contributed by atoms with Gasteiger partial charge in [-0.3, -0.25) is 14.6 Å². The molecule has 17 heteroatoms. The number of nitrogens with one attached hydrogen (secondary N) is 1. The van der Waals surface area contributed by atoms with Crippen molar-refractivity contribution in [2.24, 2.45) is 0 Å². The number of alkyl halides is 3. The zero-order valence-electron chi connectivity index (χ0n) is 23.2. The van der Waals surface area contributed by atoms with Gasteiger partial charge in [-0.25, -0.2) is 9.69 Å². The third kappa shape index (κ3) is 5.83. The quantitative estimate of drug-likeness (QED) is 0.115. The summed E-state index contributed by atoms with van der Waals surface area (Å²) in [5.41, 5.74) is -6.62. The van der Waals surface area contributed by atoms with E-state index >= 15 is 0 Å². The van der Waals surface area contributed by atoms with E-state index in [4.69, 9.17) is 9.15 Å². The molecule has 0 aliphatic carbocycles. The molecule has 230 valence electrons. The molecule has 3 aromatic rings. The predicted octanol–water partition coefficient (Wildman–Crippen LogP) is 3.77. The van der Waals surface area contributed by atoms with Gasteiger partial charge in [0.1, 0.15) is 23.8 Å². The third-order valence-electron chi connectivity index (χ3n) is 6.98. The van der Waals surface area contributed by atoms with E-state index in [9.17, 15) is 36.0 Å². The van der Waals surface area contributed by atoms with Crippen LogP contribution < -0.4 is 9.50 Å². The summed E-state index contributed by atoms with van der Waals surface area (Å²) in [6.07, 6.45) is 1.52. The molecule has 5 rings (SSSR count). The highest BCUT2D eigenvalue weighted by Crippen LogP contribution is 2.37. The number of carbonyl (C=O) groups is 3. The van der Waals surface area contributed by atoms with Crippen molar-refractivity contribution < 1.29 is 49.3 Å². The molecule has 2 aromatic heterocycles. The number of halogens is 3. The second-order valence-corrected chi connectivity index (χ2v) is 18.5. The van der Waals surface area contributed by atoms with Crippen LogP contribution in [-0.4, -0.2) is 74.5 Å². The molecular weight excluding hydrogens is 613 g/mol. The Balaban J connectivity index is 1.44. The second-order valence-electron chi connectivity index (χ2n) is 11.4. The fraction of sp³-hybridized carbons (Fsp3) is 0.385. The lowest BCUT2D eigenvalue weighted by molar-refractivity contribution is -0.136. The molecule has 0 bridgehead atoms. The molecular formula is C26H27F3N4O8SSi. The van der Waals surface area contributed by atoms with Crippen molar-refractivity contribution in [3.63, 3.8) is 0 Å². The second kappa shape index (κ2) is 10.6. The average molecular weight is 641 g/mol. The highest BCUT2D eigenvalue weighted by Gasteiger charge is 2.57. The molecule has 0 spiro atoms. The molecule has 1 aromatic carbocycles. The highest BCUT2D eigenvalue weighted by molar-refractivity contribution is 7.88. The normalized spacial score (nSPS) is 19.3. The molecule has 1 unspecified atom stereocenters. The Bertz CT molecular complexity index is 1690. The predicted molar refractivity (Wildman–Crippen MR) is 147 cm³/mol. The molecule has 43 heavy (non-hydrogen) atoms. The van der Waals surface area contributed by atoms with Crippen LogP contribution in [0.5, 0.6) is 5.75 Å². The molecule has 2 aliphatic heterocycles. The van der Waals surface area contributed by atoms with Crippen molar-refractivity contribution in [2.45, 2.75) is 43.3 Å². The van der Waals surface area contributed by atoms with Crippen molar-refractivity contribution in [3.05, 3.63) is 59.5 Å². The van der Waals surface area contributed by atoms with Gasteiger partial charge in [-0.15, -0.1) is 0 Å². The highest BCUT2D eigenvalue weighted by atomic mass is 32.2. The molecule has 1 fully saturated rings. The number of furan rings is 1. The van der Waals surface area contributed by atoms with Gasteiger partial charge >= 0.3 is 21.7 Å². The SMILES string of the molecule is C[Si](C)(C)CCOCN1C(=O)NC(CN2Cc3ccc(OS(=O)(=O)C(F)(F)F)cc3C2=O)(c2cc3ncccc3o2)C1=O. The summed E-state index contributed by atoms with van der Waals surface area (Å²) < 4.78 is 77.1. The first-order valence-electron chi connectivity index (χ1n) is 13.0. The van der Waals surface area contributed by atoms with Crippen LogP contribution in [-0.2, 0) is 31.7 Å². The minimum Gasteiger partial charge on any atom is -0.456 e. The van der Waals surface area contributed by atoms with Crippen LogP contribution in [0.1, 0.15) is 21.7 Å². The number of aromatic nitrogens is 1. The standard InChI is InChI=1S/C26H27F3N4O8SSi/c1-43(2,3)10-9-39-15-33-23(35)25(31-24(33)36,21-12-19-20(40-21)5-4-8-30-19)14-32-13-16-6-7-17(11-18(16)22(32)34)41-42(37,38)26(27,28)29/h4-8,11-12H,9-10,13-15H2,1-3H3,(H,31,36). The fourth-order valence-electron chi connectivity index (χ4n) is 4.69. The van der Waals surface area contributed by atoms with Crippen LogP contribution in [0.25, 0.3) is 11.1 Å². The van der Waals surface area contributed by atoms with E-state index in [-0.39, 0.29) is 24.6 Å². The van der Waals surface area contributed by atoms with Gasteiger partial charge < -0.3 is 23.6 Å². The first-order chi connectivity index (χ1) is 20.0. The van der Waals surface area contributed by atoms with Crippen molar-refractivity contribution >= 4 is 47.1 Å². The van der Waals surface area contributed by atoms with E-state index in [1.54, 1.807) is 12.1 Å². The number of imide groups is 1. The van der Waals surface area contributed by atoms with Gasteiger partial charge in [0.2, 0.25) is 0 Å².